The first-order chi connectivity index (χ1) is 14.2. The quantitative estimate of drug-likeness (QED) is 0.470. The third-order valence-corrected chi connectivity index (χ3v) is 5.26. The molecule has 0 aliphatic carbocycles. The summed E-state index contributed by atoms with van der Waals surface area (Å²) in [7, 11) is 0. The average molecular weight is 405 g/mol. The van der Waals surface area contributed by atoms with Crippen LogP contribution in [0.25, 0.3) is 0 Å². The molecule has 0 radical (unpaired) electrons. The van der Waals surface area contributed by atoms with E-state index in [0.717, 1.165) is 72.0 Å². The second kappa shape index (κ2) is 11.7. The maximum absolute atomic E-state index is 11.9. The summed E-state index contributed by atoms with van der Waals surface area (Å²) < 4.78 is 10.7. The molecular formula is C21H32N4O4. The Hall–Kier alpha value is -2.16. The van der Waals surface area contributed by atoms with E-state index in [1.165, 1.54) is 11.3 Å². The van der Waals surface area contributed by atoms with Gasteiger partial charge in [-0.15, -0.1) is 0 Å². The van der Waals surface area contributed by atoms with Crippen molar-refractivity contribution in [1.29, 1.82) is 0 Å². The molecule has 0 bridgehead atoms. The number of amides is 2. The highest BCUT2D eigenvalue weighted by molar-refractivity contribution is 6.35. The minimum absolute atomic E-state index is 0.474. The molecule has 2 fully saturated rings. The highest BCUT2D eigenvalue weighted by Crippen LogP contribution is 2.17. The van der Waals surface area contributed by atoms with Crippen LogP contribution in [0.15, 0.2) is 24.3 Å². The van der Waals surface area contributed by atoms with E-state index in [-0.39, 0.29) is 0 Å². The molecule has 0 spiro atoms. The number of benzene rings is 1. The molecule has 0 unspecified atom stereocenters. The summed E-state index contributed by atoms with van der Waals surface area (Å²) in [6, 6.07) is 8.54. The molecule has 2 saturated heterocycles. The van der Waals surface area contributed by atoms with Crippen LogP contribution in [0, 0.1) is 0 Å². The van der Waals surface area contributed by atoms with Crippen LogP contribution < -0.4 is 15.5 Å². The fraction of sp³-hybridized carbons (Fsp3) is 0.619. The van der Waals surface area contributed by atoms with Crippen LogP contribution in [0.3, 0.4) is 0 Å². The Labute approximate surface area is 172 Å². The van der Waals surface area contributed by atoms with Crippen molar-refractivity contribution in [2.24, 2.45) is 0 Å². The number of hydrogen-bond acceptors (Lipinski definition) is 6. The van der Waals surface area contributed by atoms with Crippen LogP contribution in [0.2, 0.25) is 0 Å². The average Bonchev–Trinajstić information content (AvgIpc) is 2.78. The third kappa shape index (κ3) is 7.30. The molecule has 0 atom stereocenters. The van der Waals surface area contributed by atoms with Crippen molar-refractivity contribution in [3.63, 3.8) is 0 Å². The van der Waals surface area contributed by atoms with Crippen molar-refractivity contribution in [2.75, 3.05) is 77.1 Å². The Morgan fingerprint density at radius 1 is 0.828 bits per heavy atom. The van der Waals surface area contributed by atoms with Gasteiger partial charge >= 0.3 is 11.8 Å². The van der Waals surface area contributed by atoms with E-state index in [2.05, 4.69) is 44.7 Å². The van der Waals surface area contributed by atoms with Crippen molar-refractivity contribution >= 4 is 17.5 Å². The Kier molecular flexibility index (Phi) is 8.73. The molecule has 3 rings (SSSR count). The lowest BCUT2D eigenvalue weighted by Crippen LogP contribution is -2.45. The van der Waals surface area contributed by atoms with Crippen molar-refractivity contribution in [1.82, 2.24) is 15.5 Å². The van der Waals surface area contributed by atoms with Gasteiger partial charge in [-0.25, -0.2) is 0 Å². The molecule has 2 aliphatic rings. The minimum atomic E-state index is -0.562. The first kappa shape index (κ1) is 21.5. The first-order valence-corrected chi connectivity index (χ1v) is 10.5. The van der Waals surface area contributed by atoms with Crippen LogP contribution >= 0.6 is 0 Å². The van der Waals surface area contributed by atoms with Crippen LogP contribution in [0.1, 0.15) is 12.0 Å². The lowest BCUT2D eigenvalue weighted by molar-refractivity contribution is -0.139. The van der Waals surface area contributed by atoms with E-state index >= 15 is 0 Å². The molecular weight excluding hydrogens is 372 g/mol. The zero-order valence-corrected chi connectivity index (χ0v) is 17.0. The van der Waals surface area contributed by atoms with Gasteiger partial charge in [0.25, 0.3) is 0 Å². The van der Waals surface area contributed by atoms with Gasteiger partial charge in [-0.2, -0.15) is 0 Å². The molecule has 2 aliphatic heterocycles. The number of rotatable bonds is 8. The summed E-state index contributed by atoms with van der Waals surface area (Å²) in [5.41, 5.74) is 2.45. The van der Waals surface area contributed by atoms with Crippen LogP contribution in [-0.4, -0.2) is 89.0 Å². The molecule has 2 amide bonds. The van der Waals surface area contributed by atoms with Gasteiger partial charge in [-0.05, 0) is 30.5 Å². The summed E-state index contributed by atoms with van der Waals surface area (Å²) in [6.45, 7) is 8.31. The van der Waals surface area contributed by atoms with Crippen molar-refractivity contribution in [2.45, 2.75) is 12.8 Å². The molecule has 29 heavy (non-hydrogen) atoms. The zero-order chi connectivity index (χ0) is 20.3. The van der Waals surface area contributed by atoms with E-state index in [9.17, 15) is 9.59 Å². The number of carbonyl (C=O) groups is 2. The number of hydrogen-bond donors (Lipinski definition) is 2. The molecule has 0 saturated carbocycles. The standard InChI is InChI=1S/C21H32N4O4/c26-20(21(27)23-8-9-24-10-14-28-15-11-24)22-7-1-2-18-3-5-19(6-4-18)25-12-16-29-17-13-25/h3-6H,1-2,7-17H2,(H,22,26)(H,23,27). The Morgan fingerprint density at radius 3 is 2.07 bits per heavy atom. The Balaban J connectivity index is 1.27. The number of nitrogens with zero attached hydrogens (tertiary/aromatic N) is 2. The molecule has 160 valence electrons. The summed E-state index contributed by atoms with van der Waals surface area (Å²) in [4.78, 5) is 28.3. The number of anilines is 1. The van der Waals surface area contributed by atoms with E-state index in [1.807, 2.05) is 0 Å². The lowest BCUT2D eigenvalue weighted by Gasteiger charge is -2.28. The van der Waals surface area contributed by atoms with E-state index < -0.39 is 11.8 Å². The normalized spacial score (nSPS) is 17.7. The smallest absolute Gasteiger partial charge is 0.309 e. The number of aryl methyl sites for hydroxylation is 1. The molecule has 0 aromatic heterocycles. The fourth-order valence-corrected chi connectivity index (χ4v) is 3.50. The van der Waals surface area contributed by atoms with Crippen molar-refractivity contribution in [3.8, 4) is 0 Å². The highest BCUT2D eigenvalue weighted by atomic mass is 16.5. The Morgan fingerprint density at radius 2 is 1.41 bits per heavy atom. The fourth-order valence-electron chi connectivity index (χ4n) is 3.50. The van der Waals surface area contributed by atoms with E-state index in [1.54, 1.807) is 0 Å². The van der Waals surface area contributed by atoms with Crippen LogP contribution in [0.4, 0.5) is 5.69 Å². The molecule has 8 heteroatoms. The second-order valence-electron chi connectivity index (χ2n) is 7.34. The number of carbonyl (C=O) groups excluding carboxylic acids is 2. The molecule has 2 heterocycles. The molecule has 1 aromatic rings. The third-order valence-electron chi connectivity index (χ3n) is 5.26. The predicted octanol–water partition coefficient (Wildman–Crippen LogP) is 0.0204. The molecule has 2 N–H and O–H groups in total. The largest absolute Gasteiger partial charge is 0.379 e. The maximum atomic E-state index is 11.9. The van der Waals surface area contributed by atoms with Crippen molar-refractivity contribution in [3.05, 3.63) is 29.8 Å². The number of nitrogens with one attached hydrogen (secondary N) is 2. The summed E-state index contributed by atoms with van der Waals surface area (Å²) in [5.74, 6) is -1.12. The second-order valence-corrected chi connectivity index (χ2v) is 7.34. The zero-order valence-electron chi connectivity index (χ0n) is 17.0. The monoisotopic (exact) mass is 404 g/mol. The maximum Gasteiger partial charge on any atom is 0.309 e. The first-order valence-electron chi connectivity index (χ1n) is 10.5. The van der Waals surface area contributed by atoms with Gasteiger partial charge in [0.2, 0.25) is 0 Å². The van der Waals surface area contributed by atoms with Gasteiger partial charge in [0.05, 0.1) is 26.4 Å². The van der Waals surface area contributed by atoms with E-state index in [4.69, 9.17) is 9.47 Å². The topological polar surface area (TPSA) is 83.1 Å². The highest BCUT2D eigenvalue weighted by Gasteiger charge is 2.14. The number of morpholine rings is 2. The van der Waals surface area contributed by atoms with Crippen LogP contribution in [0.5, 0.6) is 0 Å². The van der Waals surface area contributed by atoms with E-state index in [0.29, 0.717) is 13.1 Å². The Bertz CT molecular complexity index is 641. The van der Waals surface area contributed by atoms with Gasteiger partial charge in [-0.1, -0.05) is 12.1 Å². The van der Waals surface area contributed by atoms with Crippen LogP contribution in [-0.2, 0) is 25.5 Å². The van der Waals surface area contributed by atoms with Gasteiger partial charge in [-0.3, -0.25) is 14.5 Å². The SMILES string of the molecule is O=C(NCCCc1ccc(N2CCOCC2)cc1)C(=O)NCCN1CCOCC1. The van der Waals surface area contributed by atoms with Gasteiger partial charge in [0, 0.05) is 51.5 Å². The summed E-state index contributed by atoms with van der Waals surface area (Å²) in [6.07, 6.45) is 1.66. The summed E-state index contributed by atoms with van der Waals surface area (Å²) >= 11 is 0. The summed E-state index contributed by atoms with van der Waals surface area (Å²) in [5, 5.41) is 5.38. The number of ether oxygens (including phenoxy) is 2. The predicted molar refractivity (Wildman–Crippen MR) is 111 cm³/mol. The minimum Gasteiger partial charge on any atom is -0.379 e. The van der Waals surface area contributed by atoms with Gasteiger partial charge in [0.1, 0.15) is 0 Å². The van der Waals surface area contributed by atoms with Crippen molar-refractivity contribution < 1.29 is 19.1 Å². The van der Waals surface area contributed by atoms with Gasteiger partial charge in [0.15, 0.2) is 0 Å². The molecule has 8 nitrogen and oxygen atoms in total. The molecule has 1 aromatic carbocycles. The van der Waals surface area contributed by atoms with Gasteiger partial charge < -0.3 is 25.0 Å². The lowest BCUT2D eigenvalue weighted by atomic mass is 10.1.